The first-order valence-electron chi connectivity index (χ1n) is 13.0. The zero-order chi connectivity index (χ0) is 26.2. The number of carbonyl (C=O) groups excluding carboxylic acids is 3. The molecule has 6 atom stereocenters. The van der Waals surface area contributed by atoms with Crippen molar-refractivity contribution in [2.24, 2.45) is 11.8 Å². The van der Waals surface area contributed by atoms with Crippen LogP contribution in [0.15, 0.2) is 24.3 Å². The smallest absolute Gasteiger partial charge is 0.247 e. The minimum Gasteiger partial charge on any atom is -0.396 e. The Morgan fingerprint density at radius 2 is 2.03 bits per heavy atom. The number of amides is 3. The number of alkyl halides is 1. The molecule has 3 fully saturated rings. The molecule has 1 aromatic carbocycles. The Balaban J connectivity index is 1.42. The molecule has 200 valence electrons. The lowest BCUT2D eigenvalue weighted by molar-refractivity contribution is -0.142. The van der Waals surface area contributed by atoms with Crippen molar-refractivity contribution in [3.8, 4) is 0 Å². The van der Waals surface area contributed by atoms with E-state index in [1.165, 1.54) is 0 Å². The maximum absolute atomic E-state index is 13.8. The summed E-state index contributed by atoms with van der Waals surface area (Å²) in [5.41, 5.74) is 0.418. The number of halogens is 1. The lowest BCUT2D eigenvalue weighted by atomic mass is 9.70. The SMILES string of the molecule is CCCNC(=O)[C@H]1[C@H]2C(=O)N(CCCCCO)C(C(=O)NCn3nnc4ccccc43)C23CC(Br)[C@@H]1O3. The summed E-state index contributed by atoms with van der Waals surface area (Å²) in [4.78, 5) is 42.3. The zero-order valence-electron chi connectivity index (χ0n) is 20.8. The number of para-hydroxylation sites is 1. The molecule has 0 aliphatic carbocycles. The number of rotatable bonds is 11. The Morgan fingerprint density at radius 1 is 1.22 bits per heavy atom. The zero-order valence-corrected chi connectivity index (χ0v) is 22.4. The predicted octanol–water partition coefficient (Wildman–Crippen LogP) is 0.942. The van der Waals surface area contributed by atoms with E-state index in [1.54, 1.807) is 9.58 Å². The first-order chi connectivity index (χ1) is 17.9. The summed E-state index contributed by atoms with van der Waals surface area (Å²) in [5.74, 6) is -2.13. The number of likely N-dealkylation sites (tertiary alicyclic amines) is 1. The van der Waals surface area contributed by atoms with Crippen LogP contribution in [-0.4, -0.2) is 85.0 Å². The number of fused-ring (bicyclic) bond motifs is 2. The molecule has 37 heavy (non-hydrogen) atoms. The van der Waals surface area contributed by atoms with Crippen molar-refractivity contribution in [3.63, 3.8) is 0 Å². The predicted molar refractivity (Wildman–Crippen MR) is 137 cm³/mol. The molecule has 1 aromatic heterocycles. The van der Waals surface area contributed by atoms with Crippen molar-refractivity contribution in [3.05, 3.63) is 24.3 Å². The molecular formula is C25H33BrN6O5. The molecule has 3 aliphatic heterocycles. The highest BCUT2D eigenvalue weighted by molar-refractivity contribution is 9.09. The highest BCUT2D eigenvalue weighted by atomic mass is 79.9. The van der Waals surface area contributed by atoms with Crippen LogP contribution in [0, 0.1) is 11.8 Å². The topological polar surface area (TPSA) is 139 Å². The third kappa shape index (κ3) is 4.42. The van der Waals surface area contributed by atoms with Crippen molar-refractivity contribution in [2.75, 3.05) is 19.7 Å². The highest BCUT2D eigenvalue weighted by Crippen LogP contribution is 2.60. The Kier molecular flexibility index (Phi) is 7.51. The fraction of sp³-hybridized carbons (Fsp3) is 0.640. The van der Waals surface area contributed by atoms with E-state index in [-0.39, 0.29) is 35.8 Å². The normalized spacial score (nSPS) is 30.2. The minimum absolute atomic E-state index is 0.0754. The quantitative estimate of drug-likeness (QED) is 0.267. The van der Waals surface area contributed by atoms with Crippen LogP contribution in [0.2, 0.25) is 0 Å². The first-order valence-corrected chi connectivity index (χ1v) is 13.9. The van der Waals surface area contributed by atoms with Gasteiger partial charge >= 0.3 is 0 Å². The Hall–Kier alpha value is -2.57. The lowest BCUT2D eigenvalue weighted by Gasteiger charge is -2.34. The van der Waals surface area contributed by atoms with Gasteiger partial charge in [0.15, 0.2) is 0 Å². The number of aliphatic hydroxyl groups is 1. The fourth-order valence-electron chi connectivity index (χ4n) is 6.19. The Labute approximate surface area is 223 Å². The van der Waals surface area contributed by atoms with Gasteiger partial charge < -0.3 is 25.4 Å². The third-order valence-electron chi connectivity index (χ3n) is 7.77. The van der Waals surface area contributed by atoms with Gasteiger partial charge in [0.05, 0.1) is 23.5 Å². The highest BCUT2D eigenvalue weighted by Gasteiger charge is 2.76. The number of nitrogens with zero attached hydrogens (tertiary/aromatic N) is 4. The van der Waals surface area contributed by atoms with Crippen LogP contribution in [0.1, 0.15) is 39.0 Å². The van der Waals surface area contributed by atoms with Crippen LogP contribution in [0.3, 0.4) is 0 Å². The van der Waals surface area contributed by atoms with E-state index >= 15 is 0 Å². The van der Waals surface area contributed by atoms with Gasteiger partial charge in [-0.05, 0) is 44.2 Å². The van der Waals surface area contributed by atoms with E-state index < -0.39 is 29.6 Å². The standard InChI is InChI=1S/C25H33BrN6O5/c1-2-10-27-22(34)18-19-24(36)31(11-6-3-7-12-33)21(25(19)13-15(26)20(18)37-25)23(35)28-14-32-17-9-5-4-8-16(17)29-30-32/h4-5,8-9,15,18-21,33H,2-3,6-7,10-14H2,1H3,(H,27,34)(H,28,35)/t15?,18-,19-,20-,21?,25?/m0/s1. The van der Waals surface area contributed by atoms with Gasteiger partial charge in [-0.3, -0.25) is 14.4 Å². The summed E-state index contributed by atoms with van der Waals surface area (Å²) in [5, 5.41) is 23.3. The van der Waals surface area contributed by atoms with Crippen LogP contribution in [0.25, 0.3) is 11.0 Å². The molecule has 11 nitrogen and oxygen atoms in total. The van der Waals surface area contributed by atoms with Crippen molar-refractivity contribution >= 4 is 44.7 Å². The van der Waals surface area contributed by atoms with E-state index in [9.17, 15) is 19.5 Å². The lowest BCUT2D eigenvalue weighted by Crippen LogP contribution is -2.56. The molecule has 3 saturated heterocycles. The van der Waals surface area contributed by atoms with Crippen molar-refractivity contribution in [1.82, 2.24) is 30.5 Å². The van der Waals surface area contributed by atoms with Crippen LogP contribution < -0.4 is 10.6 Å². The Morgan fingerprint density at radius 3 is 2.81 bits per heavy atom. The molecule has 0 radical (unpaired) electrons. The summed E-state index contributed by atoms with van der Waals surface area (Å²) in [6.45, 7) is 3.01. The molecule has 4 heterocycles. The number of carbonyl (C=O) groups is 3. The van der Waals surface area contributed by atoms with Crippen molar-refractivity contribution in [1.29, 1.82) is 0 Å². The van der Waals surface area contributed by atoms with E-state index in [0.29, 0.717) is 32.4 Å². The average molecular weight is 577 g/mol. The van der Waals surface area contributed by atoms with Crippen LogP contribution in [-0.2, 0) is 25.8 Å². The number of aromatic nitrogens is 3. The molecule has 3 unspecified atom stereocenters. The van der Waals surface area contributed by atoms with Gasteiger partial charge in [0.25, 0.3) is 0 Å². The maximum Gasteiger partial charge on any atom is 0.247 e. The van der Waals surface area contributed by atoms with E-state index in [4.69, 9.17) is 4.74 Å². The molecule has 1 spiro atoms. The van der Waals surface area contributed by atoms with Gasteiger partial charge in [-0.2, -0.15) is 0 Å². The van der Waals surface area contributed by atoms with Gasteiger partial charge in [0, 0.05) is 24.5 Å². The number of benzene rings is 1. The van der Waals surface area contributed by atoms with Gasteiger partial charge in [0.2, 0.25) is 17.7 Å². The van der Waals surface area contributed by atoms with Crippen molar-refractivity contribution < 1.29 is 24.2 Å². The summed E-state index contributed by atoms with van der Waals surface area (Å²) < 4.78 is 8.08. The number of nitrogens with one attached hydrogen (secondary N) is 2. The Bertz CT molecular complexity index is 1180. The number of aliphatic hydroxyl groups excluding tert-OH is 1. The van der Waals surface area contributed by atoms with Crippen LogP contribution in [0.5, 0.6) is 0 Å². The summed E-state index contributed by atoms with van der Waals surface area (Å²) in [6, 6.07) is 6.60. The second-order valence-electron chi connectivity index (χ2n) is 10.0. The molecule has 5 rings (SSSR count). The largest absolute Gasteiger partial charge is 0.396 e. The van der Waals surface area contributed by atoms with Crippen LogP contribution in [0.4, 0.5) is 0 Å². The molecule has 3 N–H and O–H groups in total. The number of unbranched alkanes of at least 4 members (excludes halogenated alkanes) is 2. The van der Waals surface area contributed by atoms with Crippen LogP contribution >= 0.6 is 15.9 Å². The molecule has 12 heteroatoms. The molecule has 2 bridgehead atoms. The maximum atomic E-state index is 13.8. The summed E-state index contributed by atoms with van der Waals surface area (Å²) in [7, 11) is 0. The summed E-state index contributed by atoms with van der Waals surface area (Å²) >= 11 is 3.67. The average Bonchev–Trinajstić information content (AvgIpc) is 3.61. The molecule has 3 aliphatic rings. The van der Waals surface area contributed by atoms with Gasteiger partial charge in [-0.1, -0.05) is 40.2 Å². The monoisotopic (exact) mass is 576 g/mol. The minimum atomic E-state index is -1.09. The van der Waals surface area contributed by atoms with Gasteiger partial charge in [-0.15, -0.1) is 5.10 Å². The number of hydrogen-bond acceptors (Lipinski definition) is 7. The molecule has 2 aromatic rings. The van der Waals surface area contributed by atoms with Gasteiger partial charge in [-0.25, -0.2) is 4.68 Å². The third-order valence-corrected chi connectivity index (χ3v) is 8.61. The van der Waals surface area contributed by atoms with E-state index in [1.807, 2.05) is 31.2 Å². The fourth-order valence-corrected chi connectivity index (χ4v) is 7.13. The number of ether oxygens (including phenoxy) is 1. The van der Waals surface area contributed by atoms with E-state index in [0.717, 1.165) is 23.9 Å². The number of hydrogen-bond donors (Lipinski definition) is 3. The van der Waals surface area contributed by atoms with Crippen molar-refractivity contribution in [2.45, 2.75) is 68.3 Å². The van der Waals surface area contributed by atoms with Gasteiger partial charge in [0.1, 0.15) is 23.8 Å². The second-order valence-corrected chi connectivity index (χ2v) is 11.2. The molecule has 0 saturated carbocycles. The second kappa shape index (κ2) is 10.7. The first kappa shape index (κ1) is 26.1. The summed E-state index contributed by atoms with van der Waals surface area (Å²) in [6.07, 6.45) is 2.75. The molecule has 3 amide bonds. The van der Waals surface area contributed by atoms with E-state index in [2.05, 4.69) is 36.9 Å². The molecular weight excluding hydrogens is 544 g/mol.